The number of nitrogens with two attached hydrogens (primary N) is 2. The first-order valence-electron chi connectivity index (χ1n) is 12.6. The van der Waals surface area contributed by atoms with E-state index >= 15 is 0 Å². The molecule has 1 heterocycles. The van der Waals surface area contributed by atoms with Crippen LogP contribution in [-0.2, 0) is 18.9 Å². The molecule has 1 fully saturated rings. The average molecular weight is 447 g/mol. The van der Waals surface area contributed by atoms with Gasteiger partial charge in [0.25, 0.3) is 0 Å². The molecule has 0 aromatic rings. The van der Waals surface area contributed by atoms with Crippen molar-refractivity contribution in [3.05, 3.63) is 0 Å². The summed E-state index contributed by atoms with van der Waals surface area (Å²) in [6, 6.07) is 0. The second-order valence-electron chi connectivity index (χ2n) is 9.66. The van der Waals surface area contributed by atoms with Crippen molar-refractivity contribution in [1.82, 2.24) is 0 Å². The smallest absolute Gasteiger partial charge is 0.162 e. The number of hydrogen-bond donors (Lipinski definition) is 2. The lowest BCUT2D eigenvalue weighted by Crippen LogP contribution is -2.46. The molecular weight excluding hydrogens is 392 g/mol. The molecule has 0 saturated carbocycles. The Morgan fingerprint density at radius 3 is 1.48 bits per heavy atom. The highest BCUT2D eigenvalue weighted by atomic mass is 16.7. The molecule has 0 radical (unpaired) electrons. The Hall–Kier alpha value is -0.240. The molecule has 0 aromatic heterocycles. The largest absolute Gasteiger partial charge is 0.379 e. The minimum atomic E-state index is -0.370. The van der Waals surface area contributed by atoms with Crippen molar-refractivity contribution < 1.29 is 18.9 Å². The lowest BCUT2D eigenvalue weighted by Gasteiger charge is -2.43. The molecule has 1 aliphatic heterocycles. The van der Waals surface area contributed by atoms with Crippen molar-refractivity contribution in [2.75, 3.05) is 52.7 Å². The van der Waals surface area contributed by atoms with Crippen LogP contribution in [0.4, 0.5) is 0 Å². The molecule has 6 nitrogen and oxygen atoms in total. The van der Waals surface area contributed by atoms with Crippen molar-refractivity contribution in [1.29, 1.82) is 0 Å². The molecule has 0 amide bonds. The fourth-order valence-electron chi connectivity index (χ4n) is 4.47. The van der Waals surface area contributed by atoms with Gasteiger partial charge < -0.3 is 30.4 Å². The van der Waals surface area contributed by atoms with E-state index in [0.29, 0.717) is 31.7 Å². The topological polar surface area (TPSA) is 89.0 Å². The van der Waals surface area contributed by atoms with Crippen LogP contribution in [0.5, 0.6) is 0 Å². The van der Waals surface area contributed by atoms with E-state index in [1.54, 1.807) is 0 Å². The van der Waals surface area contributed by atoms with Gasteiger partial charge in [-0.2, -0.15) is 0 Å². The molecular formula is C25H54N2O4. The molecule has 0 spiro atoms. The molecule has 31 heavy (non-hydrogen) atoms. The summed E-state index contributed by atoms with van der Waals surface area (Å²) in [4.78, 5) is 0. The Balaban J connectivity index is 0.000000590. The van der Waals surface area contributed by atoms with Gasteiger partial charge in [-0.25, -0.2) is 0 Å². The van der Waals surface area contributed by atoms with E-state index in [2.05, 4.69) is 27.7 Å². The Morgan fingerprint density at radius 2 is 1.16 bits per heavy atom. The Bertz CT molecular complexity index is 382. The van der Waals surface area contributed by atoms with Crippen LogP contribution in [0.3, 0.4) is 0 Å². The SMILES string of the molecule is CCCC(CCC)(COCCN)COCCN.CCCC1(CCC)COC(C)(C)OC1. The highest BCUT2D eigenvalue weighted by Crippen LogP contribution is 2.37. The summed E-state index contributed by atoms with van der Waals surface area (Å²) in [5, 5.41) is 0. The van der Waals surface area contributed by atoms with Gasteiger partial charge in [-0.3, -0.25) is 0 Å². The van der Waals surface area contributed by atoms with Crippen molar-refractivity contribution in [2.24, 2.45) is 22.3 Å². The standard InChI is InChI=1S/C13H30N2O2.C12H24O2/c1-3-5-13(6-4-2,11-16-9-7-14)12-17-10-8-15;1-5-7-12(8-6-2)9-13-11(3,4)14-10-12/h3-12,14-15H2,1-2H3;5-10H2,1-4H3. The summed E-state index contributed by atoms with van der Waals surface area (Å²) < 4.78 is 22.8. The maximum Gasteiger partial charge on any atom is 0.162 e. The Morgan fingerprint density at radius 1 is 0.742 bits per heavy atom. The van der Waals surface area contributed by atoms with Crippen LogP contribution in [0.1, 0.15) is 92.9 Å². The van der Waals surface area contributed by atoms with Crippen LogP contribution < -0.4 is 11.5 Å². The molecule has 0 aliphatic carbocycles. The zero-order valence-electron chi connectivity index (χ0n) is 21.6. The number of hydrogen-bond acceptors (Lipinski definition) is 6. The molecule has 0 bridgehead atoms. The van der Waals surface area contributed by atoms with Crippen LogP contribution in [0.15, 0.2) is 0 Å². The van der Waals surface area contributed by atoms with E-state index in [1.165, 1.54) is 25.7 Å². The van der Waals surface area contributed by atoms with Gasteiger partial charge in [0, 0.05) is 23.9 Å². The minimum Gasteiger partial charge on any atom is -0.379 e. The molecule has 188 valence electrons. The van der Waals surface area contributed by atoms with Crippen molar-refractivity contribution in [2.45, 2.75) is 98.7 Å². The van der Waals surface area contributed by atoms with Crippen LogP contribution in [0.25, 0.3) is 0 Å². The first kappa shape index (κ1) is 30.8. The summed E-state index contributed by atoms with van der Waals surface area (Å²) >= 11 is 0. The molecule has 4 N–H and O–H groups in total. The number of rotatable bonds is 16. The zero-order valence-corrected chi connectivity index (χ0v) is 21.6. The average Bonchev–Trinajstić information content (AvgIpc) is 2.72. The molecule has 1 saturated heterocycles. The van der Waals surface area contributed by atoms with E-state index in [0.717, 1.165) is 52.1 Å². The predicted molar refractivity (Wildman–Crippen MR) is 130 cm³/mol. The third-order valence-corrected chi connectivity index (χ3v) is 5.91. The third kappa shape index (κ3) is 13.2. The molecule has 0 atom stereocenters. The predicted octanol–water partition coefficient (Wildman–Crippen LogP) is 4.88. The monoisotopic (exact) mass is 446 g/mol. The van der Waals surface area contributed by atoms with E-state index in [9.17, 15) is 0 Å². The van der Waals surface area contributed by atoms with Gasteiger partial charge in [-0.15, -0.1) is 0 Å². The molecule has 0 aromatic carbocycles. The first-order chi connectivity index (χ1) is 14.8. The van der Waals surface area contributed by atoms with Crippen molar-refractivity contribution >= 4 is 0 Å². The lowest BCUT2D eigenvalue weighted by molar-refractivity contribution is -0.287. The third-order valence-electron chi connectivity index (χ3n) is 5.91. The molecule has 6 heteroatoms. The normalized spacial score (nSPS) is 17.8. The second-order valence-corrected chi connectivity index (χ2v) is 9.66. The van der Waals surface area contributed by atoms with Crippen molar-refractivity contribution in [3.8, 4) is 0 Å². The zero-order chi connectivity index (χ0) is 23.6. The first-order valence-corrected chi connectivity index (χ1v) is 12.6. The maximum atomic E-state index is 5.76. The van der Waals surface area contributed by atoms with Gasteiger partial charge in [0.05, 0.1) is 39.6 Å². The highest BCUT2D eigenvalue weighted by molar-refractivity contribution is 4.83. The lowest BCUT2D eigenvalue weighted by atomic mass is 9.80. The highest BCUT2D eigenvalue weighted by Gasteiger charge is 2.38. The Labute approximate surface area is 193 Å². The van der Waals surface area contributed by atoms with Gasteiger partial charge in [0.1, 0.15) is 0 Å². The molecule has 0 unspecified atom stereocenters. The van der Waals surface area contributed by atoms with E-state index in [-0.39, 0.29) is 11.2 Å². The summed E-state index contributed by atoms with van der Waals surface area (Å²) in [5.74, 6) is -0.370. The van der Waals surface area contributed by atoms with Gasteiger partial charge in [-0.05, 0) is 39.5 Å². The van der Waals surface area contributed by atoms with Crippen molar-refractivity contribution in [3.63, 3.8) is 0 Å². The van der Waals surface area contributed by atoms with Gasteiger partial charge in [-0.1, -0.05) is 53.4 Å². The van der Waals surface area contributed by atoms with Crippen LogP contribution >= 0.6 is 0 Å². The number of ether oxygens (including phenoxy) is 4. The Kier molecular flexibility index (Phi) is 17.1. The summed E-state index contributed by atoms with van der Waals surface area (Å²) in [7, 11) is 0. The van der Waals surface area contributed by atoms with E-state index in [1.807, 2.05) is 13.8 Å². The minimum absolute atomic E-state index is 0.147. The van der Waals surface area contributed by atoms with E-state index < -0.39 is 0 Å². The summed E-state index contributed by atoms with van der Waals surface area (Å²) in [6.07, 6.45) is 9.44. The van der Waals surface area contributed by atoms with Crippen LogP contribution in [0.2, 0.25) is 0 Å². The molecule has 1 rings (SSSR count). The van der Waals surface area contributed by atoms with E-state index in [4.69, 9.17) is 30.4 Å². The summed E-state index contributed by atoms with van der Waals surface area (Å²) in [5.41, 5.74) is 11.3. The molecule has 1 aliphatic rings. The van der Waals surface area contributed by atoms with Gasteiger partial charge >= 0.3 is 0 Å². The van der Waals surface area contributed by atoms with Gasteiger partial charge in [0.15, 0.2) is 5.79 Å². The second kappa shape index (κ2) is 17.3. The maximum absolute atomic E-state index is 5.76. The quantitative estimate of drug-likeness (QED) is 0.329. The summed E-state index contributed by atoms with van der Waals surface area (Å²) in [6.45, 7) is 18.5. The fraction of sp³-hybridized carbons (Fsp3) is 1.00. The van der Waals surface area contributed by atoms with Crippen LogP contribution in [-0.4, -0.2) is 58.5 Å². The fourth-order valence-corrected chi connectivity index (χ4v) is 4.47. The van der Waals surface area contributed by atoms with Crippen LogP contribution in [0, 0.1) is 10.8 Å². The van der Waals surface area contributed by atoms with Gasteiger partial charge in [0.2, 0.25) is 0 Å².